The van der Waals surface area contributed by atoms with Crippen molar-refractivity contribution in [2.45, 2.75) is 25.3 Å². The summed E-state index contributed by atoms with van der Waals surface area (Å²) in [5, 5.41) is 2.92. The molecule has 1 aromatic rings. The summed E-state index contributed by atoms with van der Waals surface area (Å²) in [6.07, 6.45) is 2.46. The topological polar surface area (TPSA) is 55.1 Å². The molecule has 0 heterocycles. The van der Waals surface area contributed by atoms with Gasteiger partial charge in [-0.15, -0.1) is 0 Å². The number of benzene rings is 1. The van der Waals surface area contributed by atoms with Gasteiger partial charge in [0.25, 0.3) is 0 Å². The third kappa shape index (κ3) is 2.42. The Morgan fingerprint density at radius 3 is 2.62 bits per heavy atom. The highest BCUT2D eigenvalue weighted by Crippen LogP contribution is 2.28. The lowest BCUT2D eigenvalue weighted by Crippen LogP contribution is -2.49. The molecule has 0 bridgehead atoms. The molecule has 0 radical (unpaired) electrons. The summed E-state index contributed by atoms with van der Waals surface area (Å²) in [5.74, 6) is 0.584. The fourth-order valence-corrected chi connectivity index (χ4v) is 1.66. The number of carbonyl (C=O) groups is 1. The molecule has 1 aliphatic carbocycles. The van der Waals surface area contributed by atoms with Crippen molar-refractivity contribution in [3.8, 4) is 0 Å². The van der Waals surface area contributed by atoms with Gasteiger partial charge < -0.3 is 11.1 Å². The van der Waals surface area contributed by atoms with Crippen molar-refractivity contribution in [3.63, 3.8) is 0 Å². The fraction of sp³-hybridized carbons (Fsp3) is 0.462. The van der Waals surface area contributed by atoms with Gasteiger partial charge in [0.05, 0.1) is 0 Å². The number of rotatable bonds is 4. The van der Waals surface area contributed by atoms with Crippen LogP contribution in [0.3, 0.4) is 0 Å². The standard InChI is InChI=1S/C13H18N2O/c1-13(14,11-5-3-2-4-6-11)12(16)15-9-10-7-8-10/h2-6,10H,7-9,14H2,1H3,(H,15,16). The van der Waals surface area contributed by atoms with E-state index in [-0.39, 0.29) is 5.91 Å². The highest BCUT2D eigenvalue weighted by Gasteiger charge is 2.31. The van der Waals surface area contributed by atoms with Crippen molar-refractivity contribution < 1.29 is 4.79 Å². The van der Waals surface area contributed by atoms with E-state index in [1.807, 2.05) is 30.3 Å². The summed E-state index contributed by atoms with van der Waals surface area (Å²) < 4.78 is 0. The molecule has 1 atom stereocenters. The second-order valence-corrected chi connectivity index (χ2v) is 4.72. The Balaban J connectivity index is 2.02. The number of nitrogens with one attached hydrogen (secondary N) is 1. The number of carbonyl (C=O) groups excluding carboxylic acids is 1. The highest BCUT2D eigenvalue weighted by molar-refractivity contribution is 5.86. The van der Waals surface area contributed by atoms with E-state index < -0.39 is 5.54 Å². The molecule has 3 heteroatoms. The molecular weight excluding hydrogens is 200 g/mol. The van der Waals surface area contributed by atoms with E-state index in [2.05, 4.69) is 5.32 Å². The molecule has 16 heavy (non-hydrogen) atoms. The Morgan fingerprint density at radius 2 is 2.06 bits per heavy atom. The van der Waals surface area contributed by atoms with E-state index in [0.29, 0.717) is 5.92 Å². The van der Waals surface area contributed by atoms with E-state index in [1.54, 1.807) is 6.92 Å². The van der Waals surface area contributed by atoms with Crippen LogP contribution in [0.4, 0.5) is 0 Å². The van der Waals surface area contributed by atoms with Crippen LogP contribution < -0.4 is 11.1 Å². The average molecular weight is 218 g/mol. The maximum Gasteiger partial charge on any atom is 0.244 e. The van der Waals surface area contributed by atoms with Gasteiger partial charge in [-0.05, 0) is 31.2 Å². The normalized spacial score (nSPS) is 18.9. The minimum Gasteiger partial charge on any atom is -0.354 e. The third-order valence-corrected chi connectivity index (χ3v) is 3.09. The first kappa shape index (κ1) is 11.1. The monoisotopic (exact) mass is 218 g/mol. The minimum atomic E-state index is -0.934. The first-order chi connectivity index (χ1) is 7.60. The van der Waals surface area contributed by atoms with Gasteiger partial charge >= 0.3 is 0 Å². The van der Waals surface area contributed by atoms with Gasteiger partial charge in [-0.25, -0.2) is 0 Å². The SMILES string of the molecule is CC(N)(C(=O)NCC1CC1)c1ccccc1. The number of hydrogen-bond donors (Lipinski definition) is 2. The van der Waals surface area contributed by atoms with Gasteiger partial charge in [0.15, 0.2) is 0 Å². The molecule has 1 unspecified atom stereocenters. The Labute approximate surface area is 96.0 Å². The van der Waals surface area contributed by atoms with Crippen molar-refractivity contribution in [3.05, 3.63) is 35.9 Å². The largest absolute Gasteiger partial charge is 0.354 e. The summed E-state index contributed by atoms with van der Waals surface area (Å²) >= 11 is 0. The molecule has 1 aromatic carbocycles. The van der Waals surface area contributed by atoms with E-state index in [9.17, 15) is 4.79 Å². The number of hydrogen-bond acceptors (Lipinski definition) is 2. The predicted molar refractivity (Wildman–Crippen MR) is 63.7 cm³/mol. The second-order valence-electron chi connectivity index (χ2n) is 4.72. The van der Waals surface area contributed by atoms with Crippen LogP contribution in [0.25, 0.3) is 0 Å². The van der Waals surface area contributed by atoms with Crippen LogP contribution in [0.5, 0.6) is 0 Å². The average Bonchev–Trinajstić information content (AvgIpc) is 3.11. The maximum absolute atomic E-state index is 12.0. The second kappa shape index (κ2) is 4.26. The molecule has 1 aliphatic rings. The molecule has 1 amide bonds. The van der Waals surface area contributed by atoms with Crippen LogP contribution in [-0.4, -0.2) is 12.5 Å². The van der Waals surface area contributed by atoms with Crippen LogP contribution in [0.15, 0.2) is 30.3 Å². The van der Waals surface area contributed by atoms with Crippen LogP contribution in [-0.2, 0) is 10.3 Å². The quantitative estimate of drug-likeness (QED) is 0.802. The van der Waals surface area contributed by atoms with E-state index in [1.165, 1.54) is 12.8 Å². The van der Waals surface area contributed by atoms with Crippen LogP contribution in [0.2, 0.25) is 0 Å². The van der Waals surface area contributed by atoms with Gasteiger partial charge in [0, 0.05) is 6.54 Å². The number of amides is 1. The molecule has 3 nitrogen and oxygen atoms in total. The Kier molecular flexibility index (Phi) is 2.97. The molecule has 0 saturated heterocycles. The third-order valence-electron chi connectivity index (χ3n) is 3.09. The molecule has 3 N–H and O–H groups in total. The molecule has 2 rings (SSSR count). The minimum absolute atomic E-state index is 0.0920. The van der Waals surface area contributed by atoms with Crippen molar-refractivity contribution in [2.75, 3.05) is 6.54 Å². The zero-order valence-electron chi connectivity index (χ0n) is 9.57. The van der Waals surface area contributed by atoms with E-state index in [0.717, 1.165) is 12.1 Å². The van der Waals surface area contributed by atoms with Gasteiger partial charge in [-0.1, -0.05) is 30.3 Å². The maximum atomic E-state index is 12.0. The van der Waals surface area contributed by atoms with Crippen LogP contribution in [0, 0.1) is 5.92 Å². The van der Waals surface area contributed by atoms with E-state index in [4.69, 9.17) is 5.73 Å². The van der Waals surface area contributed by atoms with Gasteiger partial charge in [-0.2, -0.15) is 0 Å². The molecular formula is C13H18N2O. The zero-order valence-corrected chi connectivity index (χ0v) is 9.57. The zero-order chi connectivity index (χ0) is 11.6. The number of nitrogens with two attached hydrogens (primary N) is 1. The molecule has 86 valence electrons. The highest BCUT2D eigenvalue weighted by atomic mass is 16.2. The van der Waals surface area contributed by atoms with Gasteiger partial charge in [0.2, 0.25) is 5.91 Å². The Hall–Kier alpha value is -1.35. The molecule has 1 fully saturated rings. The van der Waals surface area contributed by atoms with E-state index >= 15 is 0 Å². The van der Waals surface area contributed by atoms with Crippen molar-refractivity contribution >= 4 is 5.91 Å². The van der Waals surface area contributed by atoms with Crippen LogP contribution >= 0.6 is 0 Å². The summed E-state index contributed by atoms with van der Waals surface area (Å²) in [4.78, 5) is 12.0. The van der Waals surface area contributed by atoms with Crippen molar-refractivity contribution in [1.82, 2.24) is 5.32 Å². The van der Waals surface area contributed by atoms with Crippen molar-refractivity contribution in [1.29, 1.82) is 0 Å². The smallest absolute Gasteiger partial charge is 0.244 e. The molecule has 0 aliphatic heterocycles. The van der Waals surface area contributed by atoms with Gasteiger partial charge in [-0.3, -0.25) is 4.79 Å². The lowest BCUT2D eigenvalue weighted by Gasteiger charge is -2.24. The first-order valence-electron chi connectivity index (χ1n) is 5.73. The van der Waals surface area contributed by atoms with Crippen molar-refractivity contribution in [2.24, 2.45) is 11.7 Å². The summed E-state index contributed by atoms with van der Waals surface area (Å²) in [7, 11) is 0. The Morgan fingerprint density at radius 1 is 1.44 bits per heavy atom. The molecule has 0 aromatic heterocycles. The fourth-order valence-electron chi connectivity index (χ4n) is 1.66. The molecule has 0 spiro atoms. The summed E-state index contributed by atoms with van der Waals surface area (Å²) in [6.45, 7) is 2.52. The lowest BCUT2D eigenvalue weighted by atomic mass is 9.92. The van der Waals surface area contributed by atoms with Gasteiger partial charge in [0.1, 0.15) is 5.54 Å². The molecule has 1 saturated carbocycles. The summed E-state index contributed by atoms with van der Waals surface area (Å²) in [5.41, 5.74) is 5.99. The summed E-state index contributed by atoms with van der Waals surface area (Å²) in [6, 6.07) is 9.48. The first-order valence-corrected chi connectivity index (χ1v) is 5.73. The lowest BCUT2D eigenvalue weighted by molar-refractivity contribution is -0.126. The predicted octanol–water partition coefficient (Wildman–Crippen LogP) is 1.39. The van der Waals surface area contributed by atoms with Crippen LogP contribution in [0.1, 0.15) is 25.3 Å². The Bertz CT molecular complexity index is 369.